The summed E-state index contributed by atoms with van der Waals surface area (Å²) in [6, 6.07) is 0. The van der Waals surface area contributed by atoms with Gasteiger partial charge in [0.2, 0.25) is 0 Å². The molecule has 0 aromatic carbocycles. The summed E-state index contributed by atoms with van der Waals surface area (Å²) in [5.41, 5.74) is 0. The summed E-state index contributed by atoms with van der Waals surface area (Å²) in [6.45, 7) is 9.21. The number of esters is 1. The van der Waals surface area contributed by atoms with Crippen molar-refractivity contribution in [2.24, 2.45) is 5.92 Å². The Morgan fingerprint density at radius 1 is 0.739 bits per heavy atom. The minimum absolute atomic E-state index is 0.0472. The summed E-state index contributed by atoms with van der Waals surface area (Å²) in [4.78, 5) is 11.9. The van der Waals surface area contributed by atoms with Crippen molar-refractivity contribution in [3.63, 3.8) is 0 Å². The molecule has 0 heterocycles. The number of unbranched alkanes of at least 4 members (excludes halogenated alkanes) is 5. The monoisotopic (exact) mass is 330 g/mol. The van der Waals surface area contributed by atoms with E-state index in [-0.39, 0.29) is 11.9 Å². The second kappa shape index (κ2) is 17.7. The summed E-state index contributed by atoms with van der Waals surface area (Å²) < 4.78 is 16.2. The van der Waals surface area contributed by atoms with Crippen molar-refractivity contribution in [2.75, 3.05) is 33.0 Å². The first kappa shape index (κ1) is 22.4. The molecule has 1 atom stereocenters. The van der Waals surface area contributed by atoms with Gasteiger partial charge in [0, 0.05) is 6.61 Å². The molecule has 4 nitrogen and oxygen atoms in total. The van der Waals surface area contributed by atoms with Gasteiger partial charge in [0.1, 0.15) is 6.61 Å². The minimum Gasteiger partial charge on any atom is -0.463 e. The van der Waals surface area contributed by atoms with E-state index in [0.717, 1.165) is 38.7 Å². The predicted octanol–water partition coefficient (Wildman–Crippen LogP) is 4.75. The molecular weight excluding hydrogens is 292 g/mol. The standard InChI is InChI=1S/C19H38O4/c1-4-7-9-10-11-13-21-14-15-22-16-17-23-19(20)18(6-3)12-8-5-2/h18H,4-17H2,1-3H3. The molecule has 0 saturated carbocycles. The molecule has 0 rings (SSSR count). The van der Waals surface area contributed by atoms with Crippen molar-refractivity contribution in [3.8, 4) is 0 Å². The maximum atomic E-state index is 11.9. The molecule has 0 aromatic rings. The molecule has 0 aliphatic rings. The maximum absolute atomic E-state index is 11.9. The van der Waals surface area contributed by atoms with Gasteiger partial charge >= 0.3 is 5.97 Å². The van der Waals surface area contributed by atoms with Crippen LogP contribution in [0.4, 0.5) is 0 Å². The van der Waals surface area contributed by atoms with E-state index < -0.39 is 0 Å². The second-order valence-electron chi connectivity index (χ2n) is 6.05. The van der Waals surface area contributed by atoms with Gasteiger partial charge in [-0.25, -0.2) is 0 Å². The largest absolute Gasteiger partial charge is 0.463 e. The highest BCUT2D eigenvalue weighted by Gasteiger charge is 2.16. The van der Waals surface area contributed by atoms with Crippen LogP contribution in [0.1, 0.15) is 78.6 Å². The Morgan fingerprint density at radius 3 is 2.00 bits per heavy atom. The van der Waals surface area contributed by atoms with Gasteiger partial charge in [-0.05, 0) is 19.3 Å². The van der Waals surface area contributed by atoms with Crippen molar-refractivity contribution < 1.29 is 19.0 Å². The fourth-order valence-electron chi connectivity index (χ4n) is 2.39. The van der Waals surface area contributed by atoms with Crippen molar-refractivity contribution in [1.29, 1.82) is 0 Å². The third-order valence-electron chi connectivity index (χ3n) is 3.97. The topological polar surface area (TPSA) is 44.8 Å². The van der Waals surface area contributed by atoms with Crippen LogP contribution >= 0.6 is 0 Å². The third kappa shape index (κ3) is 14.7. The van der Waals surface area contributed by atoms with Gasteiger partial charge in [0.25, 0.3) is 0 Å². The fraction of sp³-hybridized carbons (Fsp3) is 0.947. The molecule has 4 heteroatoms. The Bertz CT molecular complexity index is 256. The van der Waals surface area contributed by atoms with Gasteiger partial charge < -0.3 is 14.2 Å². The zero-order valence-corrected chi connectivity index (χ0v) is 15.6. The maximum Gasteiger partial charge on any atom is 0.308 e. The van der Waals surface area contributed by atoms with E-state index in [0.29, 0.717) is 26.4 Å². The molecule has 0 aliphatic heterocycles. The Morgan fingerprint density at radius 2 is 1.35 bits per heavy atom. The van der Waals surface area contributed by atoms with Crippen LogP contribution in [0.2, 0.25) is 0 Å². The number of carbonyl (C=O) groups excluding carboxylic acids is 1. The van der Waals surface area contributed by atoms with Gasteiger partial charge in [-0.1, -0.05) is 59.3 Å². The second-order valence-corrected chi connectivity index (χ2v) is 6.05. The van der Waals surface area contributed by atoms with Gasteiger partial charge in [0.15, 0.2) is 0 Å². The Balaban J connectivity index is 3.33. The highest BCUT2D eigenvalue weighted by molar-refractivity contribution is 5.72. The van der Waals surface area contributed by atoms with Crippen LogP contribution in [0, 0.1) is 5.92 Å². The average molecular weight is 331 g/mol. The van der Waals surface area contributed by atoms with Crippen molar-refractivity contribution >= 4 is 5.97 Å². The molecule has 0 fully saturated rings. The van der Waals surface area contributed by atoms with E-state index in [9.17, 15) is 4.79 Å². The smallest absolute Gasteiger partial charge is 0.308 e. The molecule has 0 aliphatic carbocycles. The van der Waals surface area contributed by atoms with Crippen LogP contribution in [-0.4, -0.2) is 39.0 Å². The number of carbonyl (C=O) groups is 1. The number of hydrogen-bond acceptors (Lipinski definition) is 4. The zero-order valence-electron chi connectivity index (χ0n) is 15.6. The highest BCUT2D eigenvalue weighted by atomic mass is 16.6. The number of hydrogen-bond donors (Lipinski definition) is 0. The molecule has 1 unspecified atom stereocenters. The average Bonchev–Trinajstić information content (AvgIpc) is 2.56. The van der Waals surface area contributed by atoms with Crippen LogP contribution in [0.3, 0.4) is 0 Å². The predicted molar refractivity (Wildman–Crippen MR) is 94.7 cm³/mol. The lowest BCUT2D eigenvalue weighted by Crippen LogP contribution is -2.20. The molecule has 0 aromatic heterocycles. The van der Waals surface area contributed by atoms with E-state index in [1.807, 2.05) is 6.92 Å². The molecule has 0 amide bonds. The summed E-state index contributed by atoms with van der Waals surface area (Å²) in [5, 5.41) is 0. The first-order chi connectivity index (χ1) is 11.3. The molecular formula is C19H38O4. The fourth-order valence-corrected chi connectivity index (χ4v) is 2.39. The zero-order chi connectivity index (χ0) is 17.2. The number of rotatable bonds is 17. The van der Waals surface area contributed by atoms with Crippen LogP contribution in [0.15, 0.2) is 0 Å². The van der Waals surface area contributed by atoms with Gasteiger partial charge in [-0.3, -0.25) is 4.79 Å². The Hall–Kier alpha value is -0.610. The number of ether oxygens (including phenoxy) is 3. The first-order valence-corrected chi connectivity index (χ1v) is 9.58. The van der Waals surface area contributed by atoms with E-state index in [2.05, 4.69) is 13.8 Å². The highest BCUT2D eigenvalue weighted by Crippen LogP contribution is 2.14. The van der Waals surface area contributed by atoms with E-state index in [4.69, 9.17) is 14.2 Å². The third-order valence-corrected chi connectivity index (χ3v) is 3.97. The van der Waals surface area contributed by atoms with E-state index >= 15 is 0 Å². The van der Waals surface area contributed by atoms with E-state index in [1.54, 1.807) is 0 Å². The molecule has 0 saturated heterocycles. The van der Waals surface area contributed by atoms with Crippen LogP contribution in [0.5, 0.6) is 0 Å². The van der Waals surface area contributed by atoms with Crippen molar-refractivity contribution in [2.45, 2.75) is 78.6 Å². The SMILES string of the molecule is CCCCCCCOCCOCCOC(=O)C(CC)CCCC. The molecule has 23 heavy (non-hydrogen) atoms. The lowest BCUT2D eigenvalue weighted by atomic mass is 10.00. The van der Waals surface area contributed by atoms with Gasteiger partial charge in [-0.15, -0.1) is 0 Å². The quantitative estimate of drug-likeness (QED) is 0.285. The summed E-state index contributed by atoms with van der Waals surface area (Å²) in [6.07, 6.45) is 10.3. The van der Waals surface area contributed by atoms with Crippen molar-refractivity contribution in [3.05, 3.63) is 0 Å². The molecule has 138 valence electrons. The lowest BCUT2D eigenvalue weighted by molar-refractivity contribution is -0.150. The summed E-state index contributed by atoms with van der Waals surface area (Å²) >= 11 is 0. The first-order valence-electron chi connectivity index (χ1n) is 9.58. The molecule has 0 bridgehead atoms. The Kier molecular flexibility index (Phi) is 17.3. The molecule has 0 radical (unpaired) electrons. The van der Waals surface area contributed by atoms with Crippen LogP contribution < -0.4 is 0 Å². The lowest BCUT2D eigenvalue weighted by Gasteiger charge is -2.13. The van der Waals surface area contributed by atoms with E-state index in [1.165, 1.54) is 25.7 Å². The Labute approximate surface area is 143 Å². The molecule has 0 N–H and O–H groups in total. The van der Waals surface area contributed by atoms with Crippen molar-refractivity contribution in [1.82, 2.24) is 0 Å². The molecule has 0 spiro atoms. The summed E-state index contributed by atoms with van der Waals surface area (Å²) in [5.74, 6) is -0.0288. The normalized spacial score (nSPS) is 12.3. The minimum atomic E-state index is -0.0760. The van der Waals surface area contributed by atoms with Crippen LogP contribution in [-0.2, 0) is 19.0 Å². The van der Waals surface area contributed by atoms with Gasteiger partial charge in [-0.2, -0.15) is 0 Å². The van der Waals surface area contributed by atoms with Crippen LogP contribution in [0.25, 0.3) is 0 Å². The summed E-state index contributed by atoms with van der Waals surface area (Å²) in [7, 11) is 0. The van der Waals surface area contributed by atoms with Gasteiger partial charge in [0.05, 0.1) is 25.7 Å².